The maximum atomic E-state index is 5.94. The summed E-state index contributed by atoms with van der Waals surface area (Å²) in [4.78, 5) is 0. The van der Waals surface area contributed by atoms with Gasteiger partial charge in [0.15, 0.2) is 0 Å². The minimum atomic E-state index is 0.398. The second-order valence-corrected chi connectivity index (χ2v) is 3.43. The van der Waals surface area contributed by atoms with Crippen molar-refractivity contribution in [2.75, 3.05) is 13.2 Å². The van der Waals surface area contributed by atoms with E-state index >= 15 is 0 Å². The van der Waals surface area contributed by atoms with Gasteiger partial charge >= 0.3 is 0 Å². The number of rotatable bonds is 3. The first-order valence-electron chi connectivity index (χ1n) is 4.68. The highest BCUT2D eigenvalue weighted by atomic mass is 16.5. The van der Waals surface area contributed by atoms with E-state index in [-0.39, 0.29) is 0 Å². The minimum Gasteiger partial charge on any atom is -0.381 e. The Morgan fingerprint density at radius 3 is 3.00 bits per heavy atom. The minimum absolute atomic E-state index is 0.398. The zero-order valence-corrected chi connectivity index (χ0v) is 7.38. The van der Waals surface area contributed by atoms with Crippen LogP contribution >= 0.6 is 0 Å². The number of hydrogen-bond donors (Lipinski definition) is 1. The van der Waals surface area contributed by atoms with Gasteiger partial charge in [-0.25, -0.2) is 0 Å². The van der Waals surface area contributed by atoms with Crippen molar-refractivity contribution >= 4 is 0 Å². The standard InChI is InChI=1S/C9H19NO/c1-2-3-4-8-7-11-6-5-9(8)10/h8-9H,2-7,10H2,1H3. The van der Waals surface area contributed by atoms with Gasteiger partial charge in [-0.05, 0) is 18.8 Å². The molecular formula is C9H19NO. The zero-order valence-electron chi connectivity index (χ0n) is 7.38. The van der Waals surface area contributed by atoms with Crippen LogP contribution in [0, 0.1) is 5.92 Å². The largest absolute Gasteiger partial charge is 0.381 e. The van der Waals surface area contributed by atoms with E-state index in [4.69, 9.17) is 10.5 Å². The third-order valence-electron chi connectivity index (χ3n) is 2.46. The highest BCUT2D eigenvalue weighted by molar-refractivity contribution is 4.75. The van der Waals surface area contributed by atoms with Crippen molar-refractivity contribution < 1.29 is 4.74 Å². The Labute approximate surface area is 69.1 Å². The first-order chi connectivity index (χ1) is 5.34. The van der Waals surface area contributed by atoms with Gasteiger partial charge in [0.25, 0.3) is 0 Å². The highest BCUT2D eigenvalue weighted by Crippen LogP contribution is 2.18. The van der Waals surface area contributed by atoms with Gasteiger partial charge < -0.3 is 10.5 Å². The molecule has 1 saturated heterocycles. The molecule has 2 atom stereocenters. The van der Waals surface area contributed by atoms with E-state index in [1.807, 2.05) is 0 Å². The Kier molecular flexibility index (Phi) is 3.87. The van der Waals surface area contributed by atoms with E-state index in [2.05, 4.69) is 6.92 Å². The number of nitrogens with two attached hydrogens (primary N) is 1. The van der Waals surface area contributed by atoms with Gasteiger partial charge in [-0.2, -0.15) is 0 Å². The van der Waals surface area contributed by atoms with Gasteiger partial charge in [0, 0.05) is 12.6 Å². The summed E-state index contributed by atoms with van der Waals surface area (Å²) in [6.45, 7) is 3.97. The summed E-state index contributed by atoms with van der Waals surface area (Å²) in [6.07, 6.45) is 4.86. The molecular weight excluding hydrogens is 138 g/mol. The second-order valence-electron chi connectivity index (χ2n) is 3.43. The van der Waals surface area contributed by atoms with Gasteiger partial charge in [-0.15, -0.1) is 0 Å². The van der Waals surface area contributed by atoms with Gasteiger partial charge in [0.05, 0.1) is 6.61 Å². The van der Waals surface area contributed by atoms with Crippen molar-refractivity contribution in [3.63, 3.8) is 0 Å². The Hall–Kier alpha value is -0.0800. The van der Waals surface area contributed by atoms with Crippen LogP contribution in [-0.2, 0) is 4.74 Å². The predicted molar refractivity (Wildman–Crippen MR) is 46.4 cm³/mol. The molecule has 2 unspecified atom stereocenters. The van der Waals surface area contributed by atoms with Crippen LogP contribution in [0.15, 0.2) is 0 Å². The lowest BCUT2D eigenvalue weighted by Crippen LogP contribution is -2.38. The highest BCUT2D eigenvalue weighted by Gasteiger charge is 2.21. The molecule has 2 N–H and O–H groups in total. The summed E-state index contributed by atoms with van der Waals surface area (Å²) >= 11 is 0. The fourth-order valence-corrected chi connectivity index (χ4v) is 1.58. The molecule has 0 radical (unpaired) electrons. The maximum absolute atomic E-state index is 5.94. The molecule has 0 aromatic rings. The van der Waals surface area contributed by atoms with E-state index in [1.54, 1.807) is 0 Å². The monoisotopic (exact) mass is 157 g/mol. The van der Waals surface area contributed by atoms with Crippen LogP contribution in [0.25, 0.3) is 0 Å². The molecule has 1 fully saturated rings. The zero-order chi connectivity index (χ0) is 8.10. The average Bonchev–Trinajstić information content (AvgIpc) is 2.03. The molecule has 0 amide bonds. The van der Waals surface area contributed by atoms with Crippen LogP contribution in [0.1, 0.15) is 32.6 Å². The SMILES string of the molecule is CCCCC1COCCC1N. The Morgan fingerprint density at radius 2 is 2.36 bits per heavy atom. The summed E-state index contributed by atoms with van der Waals surface area (Å²) in [5, 5.41) is 0. The Bertz CT molecular complexity index is 106. The van der Waals surface area contributed by atoms with Crippen molar-refractivity contribution in [2.24, 2.45) is 11.7 Å². The maximum Gasteiger partial charge on any atom is 0.0509 e. The predicted octanol–water partition coefficient (Wildman–Crippen LogP) is 1.54. The quantitative estimate of drug-likeness (QED) is 0.674. The summed E-state index contributed by atoms with van der Waals surface area (Å²) in [5.74, 6) is 0.628. The number of hydrogen-bond acceptors (Lipinski definition) is 2. The van der Waals surface area contributed by atoms with Crippen LogP contribution in [-0.4, -0.2) is 19.3 Å². The molecule has 0 aromatic heterocycles. The van der Waals surface area contributed by atoms with Gasteiger partial charge in [0.2, 0.25) is 0 Å². The molecule has 0 saturated carbocycles. The molecule has 0 aromatic carbocycles. The fraction of sp³-hybridized carbons (Fsp3) is 1.00. The van der Waals surface area contributed by atoms with Crippen LogP contribution in [0.5, 0.6) is 0 Å². The average molecular weight is 157 g/mol. The molecule has 1 aliphatic rings. The molecule has 0 spiro atoms. The molecule has 1 heterocycles. The molecule has 2 nitrogen and oxygen atoms in total. The molecule has 1 aliphatic heterocycles. The molecule has 0 bridgehead atoms. The summed E-state index contributed by atoms with van der Waals surface area (Å²) in [5.41, 5.74) is 5.94. The second kappa shape index (κ2) is 4.73. The van der Waals surface area contributed by atoms with Crippen molar-refractivity contribution in [3.8, 4) is 0 Å². The smallest absolute Gasteiger partial charge is 0.0509 e. The third-order valence-corrected chi connectivity index (χ3v) is 2.46. The molecule has 66 valence electrons. The van der Waals surface area contributed by atoms with Gasteiger partial charge in [-0.3, -0.25) is 0 Å². The van der Waals surface area contributed by atoms with Crippen LogP contribution in [0.3, 0.4) is 0 Å². The normalized spacial score (nSPS) is 32.2. The van der Waals surface area contributed by atoms with Gasteiger partial charge in [-0.1, -0.05) is 19.8 Å². The lowest BCUT2D eigenvalue weighted by molar-refractivity contribution is 0.0380. The van der Waals surface area contributed by atoms with E-state index in [1.165, 1.54) is 19.3 Å². The van der Waals surface area contributed by atoms with Crippen LogP contribution in [0.2, 0.25) is 0 Å². The summed E-state index contributed by atoms with van der Waals surface area (Å²) in [7, 11) is 0. The van der Waals surface area contributed by atoms with E-state index < -0.39 is 0 Å². The lowest BCUT2D eigenvalue weighted by atomic mass is 9.92. The summed E-state index contributed by atoms with van der Waals surface area (Å²) in [6, 6.07) is 0.398. The number of unbranched alkanes of at least 4 members (excludes halogenated alkanes) is 1. The van der Waals surface area contributed by atoms with E-state index in [0.717, 1.165) is 19.6 Å². The van der Waals surface area contributed by atoms with Crippen molar-refractivity contribution in [3.05, 3.63) is 0 Å². The van der Waals surface area contributed by atoms with Crippen LogP contribution in [0.4, 0.5) is 0 Å². The first-order valence-corrected chi connectivity index (χ1v) is 4.68. The van der Waals surface area contributed by atoms with E-state index in [9.17, 15) is 0 Å². The topological polar surface area (TPSA) is 35.2 Å². The molecule has 11 heavy (non-hydrogen) atoms. The lowest BCUT2D eigenvalue weighted by Gasteiger charge is -2.28. The molecule has 1 rings (SSSR count). The number of ether oxygens (including phenoxy) is 1. The van der Waals surface area contributed by atoms with Crippen molar-refractivity contribution in [2.45, 2.75) is 38.6 Å². The van der Waals surface area contributed by atoms with Crippen molar-refractivity contribution in [1.82, 2.24) is 0 Å². The van der Waals surface area contributed by atoms with Crippen molar-refractivity contribution in [1.29, 1.82) is 0 Å². The van der Waals surface area contributed by atoms with Gasteiger partial charge in [0.1, 0.15) is 0 Å². The molecule has 0 aliphatic carbocycles. The summed E-state index contributed by atoms with van der Waals surface area (Å²) < 4.78 is 5.37. The van der Waals surface area contributed by atoms with Crippen LogP contribution < -0.4 is 5.73 Å². The molecule has 2 heteroatoms. The first kappa shape index (κ1) is 9.01. The van der Waals surface area contributed by atoms with E-state index in [0.29, 0.717) is 12.0 Å². The third kappa shape index (κ3) is 2.80. The fourth-order valence-electron chi connectivity index (χ4n) is 1.58. The Morgan fingerprint density at radius 1 is 1.55 bits per heavy atom. The Balaban J connectivity index is 2.18.